The SMILES string of the molecule is CCN1CCN(c2ccc(C=O)cc2)CC1.CN=C(N)c1ccc(-c2c(F)c(OC)cc(OC)c2F)cc1N. The van der Waals surface area contributed by atoms with Gasteiger partial charge in [-0.15, -0.1) is 0 Å². The van der Waals surface area contributed by atoms with Crippen LogP contribution in [-0.2, 0) is 0 Å². The van der Waals surface area contributed by atoms with Crippen molar-refractivity contribution in [1.29, 1.82) is 0 Å². The smallest absolute Gasteiger partial charge is 0.176 e. The molecule has 39 heavy (non-hydrogen) atoms. The van der Waals surface area contributed by atoms with Gasteiger partial charge in [-0.05, 0) is 48.5 Å². The Morgan fingerprint density at radius 3 is 2.03 bits per heavy atom. The fourth-order valence-electron chi connectivity index (χ4n) is 4.30. The van der Waals surface area contributed by atoms with Gasteiger partial charge in [-0.2, -0.15) is 0 Å². The summed E-state index contributed by atoms with van der Waals surface area (Å²) in [7, 11) is 4.10. The van der Waals surface area contributed by atoms with E-state index in [4.69, 9.17) is 20.9 Å². The van der Waals surface area contributed by atoms with E-state index in [9.17, 15) is 13.6 Å². The second kappa shape index (κ2) is 13.6. The first-order valence-electron chi connectivity index (χ1n) is 12.5. The lowest BCUT2D eigenvalue weighted by Gasteiger charge is -2.35. The Labute approximate surface area is 227 Å². The Kier molecular flexibility index (Phi) is 10.2. The molecular formula is C29H35F2N5O3. The van der Waals surface area contributed by atoms with Gasteiger partial charge in [0.1, 0.15) is 12.1 Å². The molecule has 4 rings (SSSR count). The van der Waals surface area contributed by atoms with Crippen molar-refractivity contribution < 1.29 is 23.0 Å². The molecular weight excluding hydrogens is 504 g/mol. The number of amidine groups is 1. The Bertz CT molecular complexity index is 1280. The van der Waals surface area contributed by atoms with Crippen molar-refractivity contribution in [3.05, 3.63) is 71.3 Å². The molecule has 1 aliphatic heterocycles. The fourth-order valence-corrected chi connectivity index (χ4v) is 4.30. The van der Waals surface area contributed by atoms with Gasteiger partial charge in [-0.1, -0.05) is 13.0 Å². The number of hydrogen-bond donors (Lipinski definition) is 2. The number of aliphatic imine (C=N–C) groups is 1. The van der Waals surface area contributed by atoms with Gasteiger partial charge in [0, 0.05) is 61.8 Å². The van der Waals surface area contributed by atoms with Crippen LogP contribution in [0.15, 0.2) is 53.5 Å². The van der Waals surface area contributed by atoms with E-state index in [1.807, 2.05) is 24.3 Å². The molecule has 0 aliphatic carbocycles. The molecule has 4 N–H and O–H groups in total. The summed E-state index contributed by atoms with van der Waals surface area (Å²) in [6.45, 7) is 7.76. The Balaban J connectivity index is 0.000000230. The van der Waals surface area contributed by atoms with Crippen molar-refractivity contribution in [3.8, 4) is 22.6 Å². The molecule has 1 fully saturated rings. The lowest BCUT2D eigenvalue weighted by Crippen LogP contribution is -2.46. The number of benzene rings is 3. The van der Waals surface area contributed by atoms with Gasteiger partial charge in [0.15, 0.2) is 23.1 Å². The third-order valence-electron chi connectivity index (χ3n) is 6.64. The molecule has 0 amide bonds. The number of hydrogen-bond acceptors (Lipinski definition) is 7. The zero-order valence-corrected chi connectivity index (χ0v) is 22.7. The maximum atomic E-state index is 14.5. The Morgan fingerprint density at radius 2 is 1.56 bits per heavy atom. The second-order valence-electron chi connectivity index (χ2n) is 8.83. The second-order valence-corrected chi connectivity index (χ2v) is 8.83. The quantitative estimate of drug-likeness (QED) is 0.201. The van der Waals surface area contributed by atoms with Gasteiger partial charge in [0.25, 0.3) is 0 Å². The van der Waals surface area contributed by atoms with Crippen LogP contribution < -0.4 is 25.8 Å². The molecule has 10 heteroatoms. The normalized spacial score (nSPS) is 13.9. The number of rotatable bonds is 7. The van der Waals surface area contributed by atoms with Gasteiger partial charge in [-0.3, -0.25) is 9.79 Å². The van der Waals surface area contributed by atoms with Crippen LogP contribution in [0.2, 0.25) is 0 Å². The zero-order valence-electron chi connectivity index (χ0n) is 22.7. The first-order chi connectivity index (χ1) is 18.8. The first kappa shape index (κ1) is 29.4. The third kappa shape index (κ3) is 6.83. The van der Waals surface area contributed by atoms with E-state index in [1.165, 1.54) is 39.1 Å². The highest BCUT2D eigenvalue weighted by Crippen LogP contribution is 2.38. The number of carbonyl (C=O) groups is 1. The number of nitrogens with two attached hydrogens (primary N) is 2. The molecule has 1 aliphatic rings. The van der Waals surface area contributed by atoms with Crippen molar-refractivity contribution in [1.82, 2.24) is 4.90 Å². The Morgan fingerprint density at radius 1 is 0.974 bits per heavy atom. The number of nitrogens with zero attached hydrogens (tertiary/aromatic N) is 3. The van der Waals surface area contributed by atoms with Crippen molar-refractivity contribution in [2.45, 2.75) is 6.92 Å². The topological polar surface area (TPSA) is 106 Å². The van der Waals surface area contributed by atoms with Crippen molar-refractivity contribution in [2.75, 3.05) is 64.6 Å². The molecule has 0 spiro atoms. The number of carbonyl (C=O) groups excluding carboxylic acids is 1. The maximum Gasteiger partial charge on any atom is 0.176 e. The number of anilines is 2. The summed E-state index contributed by atoms with van der Waals surface area (Å²) in [6.07, 6.45) is 0.888. The average molecular weight is 540 g/mol. The molecule has 0 atom stereocenters. The highest BCUT2D eigenvalue weighted by molar-refractivity contribution is 6.02. The number of piperazine rings is 1. The predicted octanol–water partition coefficient (Wildman–Crippen LogP) is 4.21. The standard InChI is InChI=1S/C16H17F2N3O2.C13H18N2O/c1-21-16(20)9-5-4-8(6-10(9)19)13-14(17)11(22-2)7-12(23-3)15(13)18;1-2-14-7-9-15(10-8-14)13-5-3-12(11-16)4-6-13/h4-7H,19H2,1-3H3,(H2,20,21);3-6,11H,2,7-10H2,1H3. The molecule has 0 saturated carbocycles. The lowest BCUT2D eigenvalue weighted by atomic mass is 10.00. The largest absolute Gasteiger partial charge is 0.494 e. The molecule has 1 saturated heterocycles. The van der Waals surface area contributed by atoms with E-state index in [0.29, 0.717) is 5.56 Å². The van der Waals surface area contributed by atoms with Crippen LogP contribution in [0.5, 0.6) is 11.5 Å². The van der Waals surface area contributed by atoms with Crippen LogP contribution in [0.25, 0.3) is 11.1 Å². The van der Waals surface area contributed by atoms with Crippen molar-refractivity contribution in [3.63, 3.8) is 0 Å². The van der Waals surface area contributed by atoms with Gasteiger partial charge < -0.3 is 30.7 Å². The average Bonchev–Trinajstić information content (AvgIpc) is 2.97. The number of halogens is 2. The lowest BCUT2D eigenvalue weighted by molar-refractivity contribution is 0.112. The number of likely N-dealkylation sites (N-methyl/N-ethyl adjacent to an activating group) is 1. The molecule has 0 aromatic heterocycles. The maximum absolute atomic E-state index is 14.5. The number of aldehydes is 1. The minimum atomic E-state index is -0.838. The summed E-state index contributed by atoms with van der Waals surface area (Å²) in [4.78, 5) is 19.2. The molecule has 208 valence electrons. The zero-order chi connectivity index (χ0) is 28.5. The fraction of sp³-hybridized carbons (Fsp3) is 0.310. The molecule has 0 radical (unpaired) electrons. The number of ether oxygens (including phenoxy) is 2. The van der Waals surface area contributed by atoms with E-state index < -0.39 is 11.6 Å². The van der Waals surface area contributed by atoms with E-state index in [2.05, 4.69) is 21.7 Å². The highest BCUT2D eigenvalue weighted by Gasteiger charge is 2.22. The molecule has 3 aromatic rings. The van der Waals surface area contributed by atoms with Crippen LogP contribution in [0, 0.1) is 11.6 Å². The summed E-state index contributed by atoms with van der Waals surface area (Å²) in [5, 5.41) is 0. The van der Waals surface area contributed by atoms with E-state index in [1.54, 1.807) is 6.07 Å². The van der Waals surface area contributed by atoms with E-state index in [0.717, 1.165) is 50.6 Å². The minimum absolute atomic E-state index is 0.129. The monoisotopic (exact) mass is 539 g/mol. The van der Waals surface area contributed by atoms with Crippen LogP contribution in [0.1, 0.15) is 22.8 Å². The highest BCUT2D eigenvalue weighted by atomic mass is 19.1. The van der Waals surface area contributed by atoms with Crippen molar-refractivity contribution >= 4 is 23.5 Å². The van der Waals surface area contributed by atoms with Crippen LogP contribution >= 0.6 is 0 Å². The van der Waals surface area contributed by atoms with E-state index in [-0.39, 0.29) is 34.1 Å². The van der Waals surface area contributed by atoms with Gasteiger partial charge >= 0.3 is 0 Å². The van der Waals surface area contributed by atoms with Gasteiger partial charge in [0.05, 0.1) is 19.8 Å². The van der Waals surface area contributed by atoms with Crippen molar-refractivity contribution in [2.24, 2.45) is 10.7 Å². The summed E-state index contributed by atoms with van der Waals surface area (Å²) in [5.74, 6) is -1.70. The summed E-state index contributed by atoms with van der Waals surface area (Å²) < 4.78 is 38.8. The number of methoxy groups -OCH3 is 2. The summed E-state index contributed by atoms with van der Waals surface area (Å²) in [5.41, 5.74) is 14.3. The molecule has 3 aromatic carbocycles. The van der Waals surface area contributed by atoms with E-state index >= 15 is 0 Å². The first-order valence-corrected chi connectivity index (χ1v) is 12.5. The van der Waals surface area contributed by atoms with Crippen LogP contribution in [0.3, 0.4) is 0 Å². The minimum Gasteiger partial charge on any atom is -0.494 e. The summed E-state index contributed by atoms with van der Waals surface area (Å²) >= 11 is 0. The van der Waals surface area contributed by atoms with Crippen LogP contribution in [0.4, 0.5) is 20.2 Å². The molecule has 0 unspecified atom stereocenters. The third-order valence-corrected chi connectivity index (χ3v) is 6.64. The van der Waals surface area contributed by atoms with Gasteiger partial charge in [0.2, 0.25) is 0 Å². The predicted molar refractivity (Wildman–Crippen MR) is 152 cm³/mol. The summed E-state index contributed by atoms with van der Waals surface area (Å²) in [6, 6.07) is 13.5. The molecule has 8 nitrogen and oxygen atoms in total. The molecule has 1 heterocycles. The Hall–Kier alpha value is -4.18. The van der Waals surface area contributed by atoms with Gasteiger partial charge in [-0.25, -0.2) is 8.78 Å². The van der Waals surface area contributed by atoms with Crippen LogP contribution in [-0.4, -0.2) is 71.0 Å². The number of nitrogen functional groups attached to an aromatic ring is 1. The molecule has 0 bridgehead atoms.